The molecule has 0 spiro atoms. The van der Waals surface area contributed by atoms with Crippen LogP contribution in [-0.4, -0.2) is 48.4 Å². The van der Waals surface area contributed by atoms with E-state index in [0.29, 0.717) is 17.5 Å². The fraction of sp³-hybridized carbons (Fsp3) is 0.481. The van der Waals surface area contributed by atoms with Gasteiger partial charge in [-0.2, -0.15) is 0 Å². The van der Waals surface area contributed by atoms with E-state index in [-0.39, 0.29) is 24.4 Å². The Balaban J connectivity index is 1.15. The standard InChI is InChI=1S/C27H35N3O2/c1-3-20-7-5-8-22(15-20)21-10-12-25(13-11-21)30-17-24(18-30)29-26(31)16-28-27(32)23-9-4-6-19(2)14-23/h4-9,14-15,21,24-25H,3,10-13,16-18H2,1-2H3,(H,28,32)(H,29,31). The van der Waals surface area contributed by atoms with Crippen LogP contribution in [0.2, 0.25) is 0 Å². The largest absolute Gasteiger partial charge is 0.349 e. The Labute approximate surface area is 191 Å². The third-order valence-electron chi connectivity index (χ3n) is 7.01. The Morgan fingerprint density at radius 3 is 2.47 bits per heavy atom. The predicted molar refractivity (Wildman–Crippen MR) is 128 cm³/mol. The second-order valence-corrected chi connectivity index (χ2v) is 9.37. The van der Waals surface area contributed by atoms with Gasteiger partial charge in [-0.05, 0) is 68.2 Å². The van der Waals surface area contributed by atoms with Gasteiger partial charge in [-0.3, -0.25) is 14.5 Å². The van der Waals surface area contributed by atoms with Crippen molar-refractivity contribution in [2.24, 2.45) is 0 Å². The Morgan fingerprint density at radius 1 is 1.00 bits per heavy atom. The second-order valence-electron chi connectivity index (χ2n) is 9.37. The summed E-state index contributed by atoms with van der Waals surface area (Å²) in [4.78, 5) is 26.9. The van der Waals surface area contributed by atoms with Crippen molar-refractivity contribution in [3.8, 4) is 0 Å². The first-order valence-electron chi connectivity index (χ1n) is 12.0. The van der Waals surface area contributed by atoms with Gasteiger partial charge in [-0.1, -0.05) is 48.9 Å². The number of hydrogen-bond donors (Lipinski definition) is 2. The molecule has 2 amide bonds. The molecular weight excluding hydrogens is 398 g/mol. The topological polar surface area (TPSA) is 61.4 Å². The molecule has 1 saturated heterocycles. The lowest BCUT2D eigenvalue weighted by atomic mass is 9.80. The van der Waals surface area contributed by atoms with Crippen LogP contribution in [0, 0.1) is 6.92 Å². The zero-order valence-corrected chi connectivity index (χ0v) is 19.3. The van der Waals surface area contributed by atoms with Crippen LogP contribution in [0.15, 0.2) is 48.5 Å². The Morgan fingerprint density at radius 2 is 1.75 bits per heavy atom. The minimum Gasteiger partial charge on any atom is -0.349 e. The van der Waals surface area contributed by atoms with Crippen molar-refractivity contribution in [3.63, 3.8) is 0 Å². The highest BCUT2D eigenvalue weighted by Gasteiger charge is 2.35. The molecule has 32 heavy (non-hydrogen) atoms. The molecule has 2 aliphatic rings. The molecule has 2 aromatic carbocycles. The Hall–Kier alpha value is -2.66. The third kappa shape index (κ3) is 5.57. The molecule has 1 heterocycles. The molecule has 1 saturated carbocycles. The van der Waals surface area contributed by atoms with E-state index in [9.17, 15) is 9.59 Å². The number of benzene rings is 2. The van der Waals surface area contributed by atoms with E-state index in [2.05, 4.69) is 46.7 Å². The first kappa shape index (κ1) is 22.5. The maximum atomic E-state index is 12.2. The number of amides is 2. The SMILES string of the molecule is CCc1cccc(C2CCC(N3CC(NC(=O)CNC(=O)c4cccc(C)c4)C3)CC2)c1. The molecule has 0 radical (unpaired) electrons. The Kier molecular flexibility index (Phi) is 7.26. The van der Waals surface area contributed by atoms with Crippen LogP contribution in [-0.2, 0) is 11.2 Å². The number of hydrogen-bond acceptors (Lipinski definition) is 3. The highest BCUT2D eigenvalue weighted by molar-refractivity contribution is 5.96. The maximum Gasteiger partial charge on any atom is 0.251 e. The van der Waals surface area contributed by atoms with E-state index in [1.54, 1.807) is 6.07 Å². The molecule has 5 nitrogen and oxygen atoms in total. The fourth-order valence-electron chi connectivity index (χ4n) is 5.07. The second kappa shape index (κ2) is 10.3. The van der Waals surface area contributed by atoms with Gasteiger partial charge >= 0.3 is 0 Å². The van der Waals surface area contributed by atoms with Crippen molar-refractivity contribution in [2.75, 3.05) is 19.6 Å². The molecule has 0 atom stereocenters. The zero-order valence-electron chi connectivity index (χ0n) is 19.3. The van der Waals surface area contributed by atoms with Crippen LogP contribution in [0.5, 0.6) is 0 Å². The summed E-state index contributed by atoms with van der Waals surface area (Å²) in [7, 11) is 0. The molecule has 2 aromatic rings. The molecule has 5 heteroatoms. The first-order chi connectivity index (χ1) is 15.5. The molecular formula is C27H35N3O2. The van der Waals surface area contributed by atoms with Gasteiger partial charge in [0.25, 0.3) is 5.91 Å². The highest BCUT2D eigenvalue weighted by atomic mass is 16.2. The molecule has 1 aliphatic carbocycles. The van der Waals surface area contributed by atoms with Crippen molar-refractivity contribution >= 4 is 11.8 Å². The number of rotatable bonds is 7. The van der Waals surface area contributed by atoms with Gasteiger partial charge in [0.1, 0.15) is 0 Å². The third-order valence-corrected chi connectivity index (χ3v) is 7.01. The van der Waals surface area contributed by atoms with Crippen molar-refractivity contribution in [3.05, 3.63) is 70.8 Å². The first-order valence-corrected chi connectivity index (χ1v) is 12.0. The predicted octanol–water partition coefficient (Wildman–Crippen LogP) is 3.81. The van der Waals surface area contributed by atoms with Crippen LogP contribution in [0.1, 0.15) is 65.6 Å². The van der Waals surface area contributed by atoms with Crippen molar-refractivity contribution in [1.82, 2.24) is 15.5 Å². The molecule has 2 N–H and O–H groups in total. The summed E-state index contributed by atoms with van der Waals surface area (Å²) >= 11 is 0. The van der Waals surface area contributed by atoms with E-state index in [4.69, 9.17) is 0 Å². The normalized spacial score (nSPS) is 21.6. The zero-order chi connectivity index (χ0) is 22.5. The summed E-state index contributed by atoms with van der Waals surface area (Å²) in [6.45, 7) is 6.01. The van der Waals surface area contributed by atoms with E-state index >= 15 is 0 Å². The maximum absolute atomic E-state index is 12.2. The number of nitrogens with zero attached hydrogens (tertiary/aromatic N) is 1. The summed E-state index contributed by atoms with van der Waals surface area (Å²) < 4.78 is 0. The van der Waals surface area contributed by atoms with Crippen molar-refractivity contribution < 1.29 is 9.59 Å². The Bertz CT molecular complexity index is 943. The quantitative estimate of drug-likeness (QED) is 0.698. The minimum atomic E-state index is -0.208. The molecule has 0 bridgehead atoms. The van der Waals surface area contributed by atoms with E-state index in [1.807, 2.05) is 25.1 Å². The number of carbonyl (C=O) groups is 2. The van der Waals surface area contributed by atoms with Gasteiger partial charge in [-0.25, -0.2) is 0 Å². The number of aryl methyl sites for hydroxylation is 2. The smallest absolute Gasteiger partial charge is 0.251 e. The number of carbonyl (C=O) groups excluding carboxylic acids is 2. The van der Waals surface area contributed by atoms with Crippen LogP contribution < -0.4 is 10.6 Å². The summed E-state index contributed by atoms with van der Waals surface area (Å²) in [5.74, 6) is 0.363. The van der Waals surface area contributed by atoms with E-state index in [1.165, 1.54) is 36.8 Å². The number of nitrogens with one attached hydrogen (secondary N) is 2. The monoisotopic (exact) mass is 433 g/mol. The number of likely N-dealkylation sites (tertiary alicyclic amines) is 1. The summed E-state index contributed by atoms with van der Waals surface area (Å²) in [6, 6.07) is 17.3. The molecule has 2 fully saturated rings. The summed E-state index contributed by atoms with van der Waals surface area (Å²) in [5, 5.41) is 5.77. The average molecular weight is 434 g/mol. The lowest BCUT2D eigenvalue weighted by molar-refractivity contribution is -0.122. The lowest BCUT2D eigenvalue weighted by Gasteiger charge is -2.46. The molecule has 4 rings (SSSR count). The lowest BCUT2D eigenvalue weighted by Crippen LogP contribution is -2.63. The summed E-state index contributed by atoms with van der Waals surface area (Å²) in [6.07, 6.45) is 6.05. The van der Waals surface area contributed by atoms with E-state index < -0.39 is 0 Å². The van der Waals surface area contributed by atoms with Crippen LogP contribution >= 0.6 is 0 Å². The molecule has 170 valence electrons. The fourth-order valence-corrected chi connectivity index (χ4v) is 5.07. The minimum absolute atomic E-state index is 0.0191. The van der Waals surface area contributed by atoms with Gasteiger partial charge in [0.15, 0.2) is 0 Å². The summed E-state index contributed by atoms with van der Waals surface area (Å²) in [5.41, 5.74) is 4.55. The molecule has 0 unspecified atom stereocenters. The van der Waals surface area contributed by atoms with E-state index in [0.717, 1.165) is 25.1 Å². The van der Waals surface area contributed by atoms with Gasteiger partial charge in [0, 0.05) is 24.7 Å². The average Bonchev–Trinajstić information content (AvgIpc) is 2.79. The van der Waals surface area contributed by atoms with Gasteiger partial charge < -0.3 is 10.6 Å². The van der Waals surface area contributed by atoms with Crippen LogP contribution in [0.25, 0.3) is 0 Å². The van der Waals surface area contributed by atoms with Crippen LogP contribution in [0.3, 0.4) is 0 Å². The van der Waals surface area contributed by atoms with Crippen molar-refractivity contribution in [2.45, 2.75) is 64.0 Å². The highest BCUT2D eigenvalue weighted by Crippen LogP contribution is 2.36. The van der Waals surface area contributed by atoms with Crippen molar-refractivity contribution in [1.29, 1.82) is 0 Å². The molecule has 1 aliphatic heterocycles. The van der Waals surface area contributed by atoms with Crippen LogP contribution in [0.4, 0.5) is 0 Å². The van der Waals surface area contributed by atoms with Gasteiger partial charge in [-0.15, -0.1) is 0 Å². The molecule has 0 aromatic heterocycles. The van der Waals surface area contributed by atoms with Gasteiger partial charge in [0.2, 0.25) is 5.91 Å². The van der Waals surface area contributed by atoms with Gasteiger partial charge in [0.05, 0.1) is 12.6 Å².